The van der Waals surface area contributed by atoms with Crippen LogP contribution >= 0.6 is 11.6 Å². The molecule has 0 saturated carbocycles. The average Bonchev–Trinajstić information content (AvgIpc) is 2.70. The predicted octanol–water partition coefficient (Wildman–Crippen LogP) is 1.29. The molecule has 18 heavy (non-hydrogen) atoms. The van der Waals surface area contributed by atoms with Gasteiger partial charge in [0.1, 0.15) is 12.9 Å². The first kappa shape index (κ1) is 12.3. The molecule has 3 N–H and O–H groups in total. The van der Waals surface area contributed by atoms with Crippen molar-refractivity contribution in [2.24, 2.45) is 0 Å². The molecule has 0 radical (unpaired) electrons. The second-order valence-electron chi connectivity index (χ2n) is 3.45. The van der Waals surface area contributed by atoms with Crippen LogP contribution in [0.25, 0.3) is 0 Å². The number of carbonyl (C=O) groups excluding carboxylic acids is 1. The average molecular weight is 270 g/mol. The first-order chi connectivity index (χ1) is 8.56. The molecule has 0 aliphatic heterocycles. The lowest BCUT2D eigenvalue weighted by Gasteiger charge is -2.06. The van der Waals surface area contributed by atoms with E-state index in [9.17, 15) is 9.18 Å². The molecule has 0 saturated heterocycles. The minimum atomic E-state index is -0.675. The number of rotatable bonds is 3. The van der Waals surface area contributed by atoms with Gasteiger partial charge in [0, 0.05) is 0 Å². The number of nitrogen functional groups attached to an aromatic ring is 1. The number of nitrogens with zero attached hydrogens (tertiary/aromatic N) is 3. The molecule has 1 amide bonds. The summed E-state index contributed by atoms with van der Waals surface area (Å²) in [6, 6.07) is 4.34. The van der Waals surface area contributed by atoms with Crippen LogP contribution in [0.1, 0.15) is 0 Å². The van der Waals surface area contributed by atoms with Crippen molar-refractivity contribution in [3.05, 3.63) is 35.4 Å². The molecule has 0 unspecified atom stereocenters. The fourth-order valence-electron chi connectivity index (χ4n) is 1.32. The number of nitrogens with two attached hydrogens (primary N) is 1. The van der Waals surface area contributed by atoms with Gasteiger partial charge in [0.15, 0.2) is 5.82 Å². The highest BCUT2D eigenvalue weighted by molar-refractivity contribution is 6.31. The number of anilines is 2. The Kier molecular flexibility index (Phi) is 3.42. The topological polar surface area (TPSA) is 85.8 Å². The fraction of sp³-hybridized carbons (Fsp3) is 0.100. The first-order valence-electron chi connectivity index (χ1n) is 4.95. The molecule has 0 atom stereocenters. The van der Waals surface area contributed by atoms with E-state index in [-0.39, 0.29) is 23.2 Å². The van der Waals surface area contributed by atoms with Gasteiger partial charge in [-0.15, -0.1) is 5.10 Å². The third kappa shape index (κ3) is 2.75. The molecule has 2 rings (SSSR count). The molecule has 0 aliphatic carbocycles. The van der Waals surface area contributed by atoms with Crippen LogP contribution in [0.15, 0.2) is 24.5 Å². The number of nitrogens with one attached hydrogen (secondary N) is 1. The van der Waals surface area contributed by atoms with Crippen LogP contribution in [0, 0.1) is 5.82 Å². The molecule has 8 heteroatoms. The van der Waals surface area contributed by atoms with Gasteiger partial charge in [-0.3, -0.25) is 4.79 Å². The number of amides is 1. The summed E-state index contributed by atoms with van der Waals surface area (Å²) in [5.74, 6) is -1.07. The second-order valence-corrected chi connectivity index (χ2v) is 3.86. The monoisotopic (exact) mass is 269 g/mol. The summed E-state index contributed by atoms with van der Waals surface area (Å²) in [6.45, 7) is -0.115. The Morgan fingerprint density at radius 3 is 3.00 bits per heavy atom. The molecule has 0 fully saturated rings. The third-order valence-electron chi connectivity index (χ3n) is 2.09. The van der Waals surface area contributed by atoms with Gasteiger partial charge >= 0.3 is 0 Å². The van der Waals surface area contributed by atoms with Gasteiger partial charge in [0.05, 0.1) is 10.7 Å². The Morgan fingerprint density at radius 1 is 1.56 bits per heavy atom. The summed E-state index contributed by atoms with van der Waals surface area (Å²) in [5.41, 5.74) is 5.31. The van der Waals surface area contributed by atoms with Gasteiger partial charge in [-0.1, -0.05) is 17.7 Å². The first-order valence-corrected chi connectivity index (χ1v) is 5.33. The lowest BCUT2D eigenvalue weighted by Crippen LogP contribution is -2.19. The van der Waals surface area contributed by atoms with Crippen LogP contribution in [-0.2, 0) is 11.3 Å². The Balaban J connectivity index is 2.05. The number of aromatic nitrogens is 3. The van der Waals surface area contributed by atoms with Crippen LogP contribution in [0.4, 0.5) is 16.0 Å². The van der Waals surface area contributed by atoms with E-state index in [1.165, 1.54) is 29.2 Å². The number of halogens is 2. The zero-order valence-corrected chi connectivity index (χ0v) is 9.86. The Morgan fingerprint density at radius 2 is 2.33 bits per heavy atom. The number of benzene rings is 1. The maximum atomic E-state index is 13.5. The largest absolute Gasteiger partial charge is 0.367 e. The van der Waals surface area contributed by atoms with Crippen molar-refractivity contribution in [2.45, 2.75) is 6.54 Å². The van der Waals surface area contributed by atoms with E-state index in [0.717, 1.165) is 0 Å². The van der Waals surface area contributed by atoms with Crippen molar-refractivity contribution in [3.63, 3.8) is 0 Å². The van der Waals surface area contributed by atoms with E-state index < -0.39 is 11.7 Å². The molecular weight excluding hydrogens is 261 g/mol. The smallest absolute Gasteiger partial charge is 0.246 e. The summed E-state index contributed by atoms with van der Waals surface area (Å²) in [5, 5.41) is 6.06. The van der Waals surface area contributed by atoms with E-state index in [2.05, 4.69) is 15.4 Å². The molecular formula is C10H9ClFN5O. The molecule has 1 heterocycles. The van der Waals surface area contributed by atoms with Crippen LogP contribution in [0.5, 0.6) is 0 Å². The molecule has 0 spiro atoms. The van der Waals surface area contributed by atoms with E-state index in [1.54, 1.807) is 0 Å². The van der Waals surface area contributed by atoms with Gasteiger partial charge in [0.2, 0.25) is 11.9 Å². The molecule has 0 bridgehead atoms. The summed E-state index contributed by atoms with van der Waals surface area (Å²) < 4.78 is 14.7. The summed E-state index contributed by atoms with van der Waals surface area (Å²) in [7, 11) is 0. The zero-order chi connectivity index (χ0) is 13.1. The van der Waals surface area contributed by atoms with Gasteiger partial charge < -0.3 is 11.1 Å². The van der Waals surface area contributed by atoms with Crippen LogP contribution in [0.3, 0.4) is 0 Å². The van der Waals surface area contributed by atoms with Crippen LogP contribution < -0.4 is 11.1 Å². The third-order valence-corrected chi connectivity index (χ3v) is 2.38. The minimum Gasteiger partial charge on any atom is -0.367 e. The van der Waals surface area contributed by atoms with Crippen molar-refractivity contribution in [1.82, 2.24) is 14.8 Å². The minimum absolute atomic E-state index is 0.0144. The van der Waals surface area contributed by atoms with Crippen LogP contribution in [-0.4, -0.2) is 20.7 Å². The summed E-state index contributed by atoms with van der Waals surface area (Å²) >= 11 is 5.59. The maximum Gasteiger partial charge on any atom is 0.246 e. The van der Waals surface area contributed by atoms with Crippen molar-refractivity contribution < 1.29 is 9.18 Å². The SMILES string of the molecule is Nc1ncn(CC(=O)Nc2cccc(Cl)c2F)n1. The number of hydrogen-bond acceptors (Lipinski definition) is 4. The molecule has 94 valence electrons. The highest BCUT2D eigenvalue weighted by Crippen LogP contribution is 2.21. The quantitative estimate of drug-likeness (QED) is 0.879. The summed E-state index contributed by atoms with van der Waals surface area (Å²) in [6.07, 6.45) is 1.31. The van der Waals surface area contributed by atoms with Gasteiger partial charge in [-0.2, -0.15) is 0 Å². The van der Waals surface area contributed by atoms with Gasteiger partial charge in [-0.25, -0.2) is 14.1 Å². The highest BCUT2D eigenvalue weighted by Gasteiger charge is 2.10. The second kappa shape index (κ2) is 5.01. The number of hydrogen-bond donors (Lipinski definition) is 2. The van der Waals surface area contributed by atoms with Crippen molar-refractivity contribution in [3.8, 4) is 0 Å². The lowest BCUT2D eigenvalue weighted by molar-refractivity contribution is -0.116. The molecule has 6 nitrogen and oxygen atoms in total. The molecule has 1 aromatic heterocycles. The molecule has 1 aromatic carbocycles. The lowest BCUT2D eigenvalue weighted by atomic mass is 10.3. The Labute approximate surface area is 107 Å². The Bertz CT molecular complexity index is 585. The van der Waals surface area contributed by atoms with E-state index in [1.807, 2.05) is 0 Å². The highest BCUT2D eigenvalue weighted by atomic mass is 35.5. The normalized spacial score (nSPS) is 10.3. The summed E-state index contributed by atoms with van der Waals surface area (Å²) in [4.78, 5) is 15.3. The van der Waals surface area contributed by atoms with E-state index in [4.69, 9.17) is 17.3 Å². The van der Waals surface area contributed by atoms with E-state index >= 15 is 0 Å². The van der Waals surface area contributed by atoms with Crippen LogP contribution in [0.2, 0.25) is 5.02 Å². The molecule has 0 aliphatic rings. The Hall–Kier alpha value is -2.15. The molecule has 2 aromatic rings. The van der Waals surface area contributed by atoms with Crippen molar-refractivity contribution in [1.29, 1.82) is 0 Å². The maximum absolute atomic E-state index is 13.5. The van der Waals surface area contributed by atoms with Crippen molar-refractivity contribution in [2.75, 3.05) is 11.1 Å². The van der Waals surface area contributed by atoms with E-state index in [0.29, 0.717) is 0 Å². The predicted molar refractivity (Wildman–Crippen MR) is 64.5 cm³/mol. The van der Waals surface area contributed by atoms with Crippen molar-refractivity contribution >= 4 is 29.1 Å². The van der Waals surface area contributed by atoms with Gasteiger partial charge in [-0.05, 0) is 12.1 Å². The van der Waals surface area contributed by atoms with Gasteiger partial charge in [0.25, 0.3) is 0 Å². The zero-order valence-electron chi connectivity index (χ0n) is 9.10. The standard InChI is InChI=1S/C10H9ClFN5O/c11-6-2-1-3-7(9(6)12)15-8(18)4-17-5-14-10(13)16-17/h1-3,5H,4H2,(H2,13,16)(H,15,18). The number of carbonyl (C=O) groups is 1. The fourth-order valence-corrected chi connectivity index (χ4v) is 1.50.